The lowest BCUT2D eigenvalue weighted by molar-refractivity contribution is 1.09. The lowest BCUT2D eigenvalue weighted by Crippen LogP contribution is -1.83. The Kier molecular flexibility index (Phi) is 1.78. The molecular weight excluding hydrogens is 126 g/mol. The molecule has 1 aliphatic heterocycles. The van der Waals surface area contributed by atoms with Gasteiger partial charge in [-0.05, 0) is 6.07 Å². The molecule has 2 rings (SSSR count). The van der Waals surface area contributed by atoms with Gasteiger partial charge in [0.15, 0.2) is 0 Å². The van der Waals surface area contributed by atoms with Crippen molar-refractivity contribution in [3.63, 3.8) is 0 Å². The minimum atomic E-state index is 0. The fourth-order valence-corrected chi connectivity index (χ4v) is 0.938. The van der Waals surface area contributed by atoms with Crippen LogP contribution in [-0.4, -0.2) is 11.2 Å². The first-order chi connectivity index (χ1) is 4.47. The largest absolute Gasteiger partial charge is 0.344 e. The van der Waals surface area contributed by atoms with Crippen LogP contribution in [0.3, 0.4) is 0 Å². The summed E-state index contributed by atoms with van der Waals surface area (Å²) in [6.45, 7) is 0.809. The van der Waals surface area contributed by atoms with Gasteiger partial charge in [-0.1, -0.05) is 0 Å². The van der Waals surface area contributed by atoms with Crippen LogP contribution in [0.2, 0.25) is 0 Å². The van der Waals surface area contributed by atoms with Gasteiger partial charge in [0.25, 0.3) is 0 Å². The van der Waals surface area contributed by atoms with Gasteiger partial charge in [-0.15, -0.1) is 0 Å². The van der Waals surface area contributed by atoms with Crippen molar-refractivity contribution in [3.8, 4) is 0 Å². The van der Waals surface area contributed by atoms with E-state index in [0.29, 0.717) is 0 Å². The average molecular weight is 135 g/mol. The maximum Gasteiger partial charge on any atom is 0.0661 e. The predicted octanol–water partition coefficient (Wildman–Crippen LogP) is 1.18. The molecule has 0 unspecified atom stereocenters. The molecule has 0 amide bonds. The number of nitrogens with zero attached hydrogens (tertiary/aromatic N) is 2. The van der Waals surface area contributed by atoms with Crippen molar-refractivity contribution >= 4 is 6.21 Å². The van der Waals surface area contributed by atoms with E-state index in [1.54, 1.807) is 6.20 Å². The van der Waals surface area contributed by atoms with Crippen LogP contribution in [-0.2, 0) is 6.54 Å². The Morgan fingerprint density at radius 1 is 1.40 bits per heavy atom. The Morgan fingerprint density at radius 2 is 2.30 bits per heavy atom. The molecule has 2 heterocycles. The lowest BCUT2D eigenvalue weighted by Gasteiger charge is -1.90. The standard InChI is InChI=1S/C7H6N2.H3N/c1-2-8-4-7-5-9-3-6(1)7;/h1-4H,5H2;1H3. The second-order valence-electron chi connectivity index (χ2n) is 2.04. The highest BCUT2D eigenvalue weighted by Gasteiger charge is 2.02. The van der Waals surface area contributed by atoms with Crippen molar-refractivity contribution in [3.05, 3.63) is 29.6 Å². The first kappa shape index (κ1) is 6.89. The maximum atomic E-state index is 4.09. The summed E-state index contributed by atoms with van der Waals surface area (Å²) in [6, 6.07) is 1.98. The summed E-state index contributed by atoms with van der Waals surface area (Å²) in [6.07, 6.45) is 5.54. The zero-order valence-electron chi connectivity index (χ0n) is 5.62. The van der Waals surface area contributed by atoms with Crippen LogP contribution in [0.15, 0.2) is 23.5 Å². The number of hydrogen-bond acceptors (Lipinski definition) is 3. The minimum absolute atomic E-state index is 0. The van der Waals surface area contributed by atoms with Crippen molar-refractivity contribution in [2.24, 2.45) is 4.99 Å². The van der Waals surface area contributed by atoms with Crippen LogP contribution in [0.4, 0.5) is 0 Å². The molecule has 0 aliphatic carbocycles. The number of hydrogen-bond donors (Lipinski definition) is 1. The third-order valence-corrected chi connectivity index (χ3v) is 1.43. The Bertz CT molecular complexity index is 255. The third-order valence-electron chi connectivity index (χ3n) is 1.43. The molecule has 3 nitrogen and oxygen atoms in total. The summed E-state index contributed by atoms with van der Waals surface area (Å²) in [5.41, 5.74) is 2.45. The normalized spacial score (nSPS) is 12.4. The van der Waals surface area contributed by atoms with E-state index in [1.165, 1.54) is 11.1 Å². The molecule has 0 saturated carbocycles. The quantitative estimate of drug-likeness (QED) is 0.580. The zero-order valence-corrected chi connectivity index (χ0v) is 5.62. The molecule has 10 heavy (non-hydrogen) atoms. The molecule has 0 fully saturated rings. The molecule has 0 radical (unpaired) electrons. The van der Waals surface area contributed by atoms with E-state index in [9.17, 15) is 0 Å². The van der Waals surface area contributed by atoms with Crippen LogP contribution in [0.5, 0.6) is 0 Å². The Morgan fingerprint density at radius 3 is 3.10 bits per heavy atom. The van der Waals surface area contributed by atoms with Crippen LogP contribution < -0.4 is 6.15 Å². The van der Waals surface area contributed by atoms with Gasteiger partial charge < -0.3 is 6.15 Å². The summed E-state index contributed by atoms with van der Waals surface area (Å²) < 4.78 is 0. The van der Waals surface area contributed by atoms with Gasteiger partial charge in [-0.3, -0.25) is 9.98 Å². The maximum absolute atomic E-state index is 4.09. The number of fused-ring (bicyclic) bond motifs is 1. The summed E-state index contributed by atoms with van der Waals surface area (Å²) in [7, 11) is 0. The molecule has 52 valence electrons. The predicted molar refractivity (Wildman–Crippen MR) is 40.6 cm³/mol. The van der Waals surface area contributed by atoms with Gasteiger partial charge in [-0.25, -0.2) is 0 Å². The van der Waals surface area contributed by atoms with E-state index in [4.69, 9.17) is 0 Å². The minimum Gasteiger partial charge on any atom is -0.344 e. The molecule has 0 aromatic carbocycles. The van der Waals surface area contributed by atoms with E-state index >= 15 is 0 Å². The number of pyridine rings is 1. The lowest BCUT2D eigenvalue weighted by atomic mass is 10.2. The van der Waals surface area contributed by atoms with Crippen molar-refractivity contribution < 1.29 is 0 Å². The smallest absolute Gasteiger partial charge is 0.0661 e. The molecule has 0 saturated heterocycles. The van der Waals surface area contributed by atoms with E-state index in [2.05, 4.69) is 9.98 Å². The highest BCUT2D eigenvalue weighted by molar-refractivity contribution is 5.83. The second-order valence-corrected chi connectivity index (χ2v) is 2.04. The van der Waals surface area contributed by atoms with E-state index < -0.39 is 0 Å². The van der Waals surface area contributed by atoms with Gasteiger partial charge in [0.2, 0.25) is 0 Å². The Hall–Kier alpha value is -1.22. The fourth-order valence-electron chi connectivity index (χ4n) is 0.938. The summed E-state index contributed by atoms with van der Waals surface area (Å²) in [5.74, 6) is 0. The summed E-state index contributed by atoms with van der Waals surface area (Å²) in [5, 5.41) is 0. The molecule has 1 aromatic rings. The van der Waals surface area contributed by atoms with E-state index in [-0.39, 0.29) is 6.15 Å². The topological polar surface area (TPSA) is 60.2 Å². The molecular formula is C7H9N3. The highest BCUT2D eigenvalue weighted by Crippen LogP contribution is 2.10. The third kappa shape index (κ3) is 0.910. The van der Waals surface area contributed by atoms with Crippen molar-refractivity contribution in [2.45, 2.75) is 6.54 Å². The molecule has 1 aliphatic rings. The van der Waals surface area contributed by atoms with Crippen LogP contribution in [0.25, 0.3) is 0 Å². The summed E-state index contributed by atoms with van der Waals surface area (Å²) in [4.78, 5) is 8.06. The first-order valence-corrected chi connectivity index (χ1v) is 2.89. The van der Waals surface area contributed by atoms with Gasteiger partial charge in [0.05, 0.1) is 6.54 Å². The van der Waals surface area contributed by atoms with Crippen molar-refractivity contribution in [1.82, 2.24) is 11.1 Å². The second kappa shape index (κ2) is 2.58. The van der Waals surface area contributed by atoms with E-state index in [1.807, 2.05) is 18.5 Å². The fraction of sp³-hybridized carbons (Fsp3) is 0.143. The first-order valence-electron chi connectivity index (χ1n) is 2.89. The molecule has 0 spiro atoms. The Balaban J connectivity index is 0.000000500. The van der Waals surface area contributed by atoms with Crippen LogP contribution in [0.1, 0.15) is 11.1 Å². The molecule has 0 atom stereocenters. The van der Waals surface area contributed by atoms with Crippen molar-refractivity contribution in [2.75, 3.05) is 0 Å². The number of aromatic nitrogens is 1. The van der Waals surface area contributed by atoms with Gasteiger partial charge >= 0.3 is 0 Å². The molecule has 3 heteroatoms. The Labute approximate surface area is 59.4 Å². The number of aliphatic imine (C=N–C) groups is 1. The molecule has 3 N–H and O–H groups in total. The van der Waals surface area contributed by atoms with Gasteiger partial charge in [0, 0.05) is 29.7 Å². The number of rotatable bonds is 0. The highest BCUT2D eigenvalue weighted by atomic mass is 14.7. The summed E-state index contributed by atoms with van der Waals surface area (Å²) >= 11 is 0. The van der Waals surface area contributed by atoms with Gasteiger partial charge in [0.1, 0.15) is 0 Å². The molecule has 1 aromatic heterocycles. The van der Waals surface area contributed by atoms with Crippen LogP contribution in [0, 0.1) is 0 Å². The molecule has 0 bridgehead atoms. The monoisotopic (exact) mass is 135 g/mol. The van der Waals surface area contributed by atoms with Gasteiger partial charge in [-0.2, -0.15) is 0 Å². The zero-order chi connectivity index (χ0) is 6.10. The van der Waals surface area contributed by atoms with E-state index in [0.717, 1.165) is 6.54 Å². The SMILES string of the molecule is C1=NCc2cnccc21.N. The average Bonchev–Trinajstić information content (AvgIpc) is 2.33. The van der Waals surface area contributed by atoms with Crippen molar-refractivity contribution in [1.29, 1.82) is 0 Å². The van der Waals surface area contributed by atoms with Crippen LogP contribution >= 0.6 is 0 Å².